The Hall–Kier alpha value is -1.53. The molecule has 0 aliphatic rings. The summed E-state index contributed by atoms with van der Waals surface area (Å²) in [5.41, 5.74) is -0.273. The fourth-order valence-electron chi connectivity index (χ4n) is 1.11. The summed E-state index contributed by atoms with van der Waals surface area (Å²) in [6, 6.07) is 0. The molecule has 0 spiro atoms. The summed E-state index contributed by atoms with van der Waals surface area (Å²) in [4.78, 5) is 10.5. The van der Waals surface area contributed by atoms with Crippen LogP contribution in [-0.4, -0.2) is 33.9 Å². The van der Waals surface area contributed by atoms with E-state index in [9.17, 15) is 18.0 Å². The molecule has 0 unspecified atom stereocenters. The predicted octanol–water partition coefficient (Wildman–Crippen LogP) is 1.56. The summed E-state index contributed by atoms with van der Waals surface area (Å²) in [6.07, 6.45) is -0.904. The molecule has 2 N–H and O–H groups in total. The Labute approximate surface area is 83.1 Å². The van der Waals surface area contributed by atoms with Gasteiger partial charge in [0, 0.05) is 5.56 Å². The van der Waals surface area contributed by atoms with Crippen molar-refractivity contribution in [3.05, 3.63) is 17.0 Å². The number of aromatic nitrogens is 2. The number of hydrogen-bond acceptors (Lipinski definition) is 2. The number of aromatic carboxylic acids is 1. The lowest BCUT2D eigenvalue weighted by atomic mass is 10.1. The van der Waals surface area contributed by atoms with Crippen molar-refractivity contribution < 1.29 is 23.1 Å². The summed E-state index contributed by atoms with van der Waals surface area (Å²) in [7, 11) is 0. The first-order chi connectivity index (χ1) is 6.87. The quantitative estimate of drug-likeness (QED) is 0.812. The van der Waals surface area contributed by atoms with Crippen LogP contribution < -0.4 is 0 Å². The molecule has 1 aromatic rings. The van der Waals surface area contributed by atoms with Gasteiger partial charge in [0.2, 0.25) is 0 Å². The molecule has 0 amide bonds. The smallest absolute Gasteiger partial charge is 0.354 e. The van der Waals surface area contributed by atoms with Gasteiger partial charge >= 0.3 is 5.97 Å². The number of hydrogen-bond donors (Lipinski definition) is 2. The second kappa shape index (κ2) is 3.92. The molecule has 15 heavy (non-hydrogen) atoms. The molecule has 0 aliphatic carbocycles. The van der Waals surface area contributed by atoms with Crippen LogP contribution in [0.4, 0.5) is 13.2 Å². The molecular formula is C8H9F3N2O2. The topological polar surface area (TPSA) is 66.0 Å². The minimum absolute atomic E-state index is 0.107. The Bertz CT molecular complexity index is 376. The standard InChI is InChI=1S/C8H9F3N2O2/c1-4-5(2-8(10,11)3-9)12-13-6(4)7(14)15/h2-3H2,1H3,(H,12,13)(H,14,15). The van der Waals surface area contributed by atoms with Crippen molar-refractivity contribution in [2.45, 2.75) is 19.3 Å². The summed E-state index contributed by atoms with van der Waals surface area (Å²) in [5, 5.41) is 14.1. The van der Waals surface area contributed by atoms with Gasteiger partial charge in [-0.05, 0) is 6.92 Å². The van der Waals surface area contributed by atoms with Crippen LogP contribution in [0.3, 0.4) is 0 Å². The van der Waals surface area contributed by atoms with E-state index >= 15 is 0 Å². The zero-order valence-corrected chi connectivity index (χ0v) is 7.85. The maximum atomic E-state index is 12.7. The Morgan fingerprint density at radius 2 is 2.20 bits per heavy atom. The second-order valence-electron chi connectivity index (χ2n) is 3.14. The van der Waals surface area contributed by atoms with E-state index in [0.717, 1.165) is 0 Å². The van der Waals surface area contributed by atoms with Gasteiger partial charge in [-0.1, -0.05) is 0 Å². The van der Waals surface area contributed by atoms with Crippen LogP contribution in [0, 0.1) is 6.92 Å². The highest BCUT2D eigenvalue weighted by molar-refractivity contribution is 5.87. The fourth-order valence-corrected chi connectivity index (χ4v) is 1.11. The molecule has 0 saturated carbocycles. The minimum Gasteiger partial charge on any atom is -0.477 e. The number of halogens is 3. The summed E-state index contributed by atoms with van der Waals surface area (Å²) < 4.78 is 37.2. The third-order valence-corrected chi connectivity index (χ3v) is 1.95. The highest BCUT2D eigenvalue weighted by atomic mass is 19.3. The van der Waals surface area contributed by atoms with Crippen molar-refractivity contribution >= 4 is 5.97 Å². The Balaban J connectivity index is 2.93. The van der Waals surface area contributed by atoms with E-state index in [1.165, 1.54) is 6.92 Å². The zero-order valence-electron chi connectivity index (χ0n) is 7.85. The molecule has 0 aromatic carbocycles. The predicted molar refractivity (Wildman–Crippen MR) is 44.9 cm³/mol. The summed E-state index contributed by atoms with van der Waals surface area (Å²) in [5.74, 6) is -4.79. The van der Waals surface area contributed by atoms with Crippen LogP contribution in [0.1, 0.15) is 21.7 Å². The average Bonchev–Trinajstić information content (AvgIpc) is 2.48. The monoisotopic (exact) mass is 222 g/mol. The van der Waals surface area contributed by atoms with Gasteiger partial charge in [-0.3, -0.25) is 5.10 Å². The summed E-state index contributed by atoms with van der Waals surface area (Å²) in [6.45, 7) is -0.446. The Morgan fingerprint density at radius 3 is 2.60 bits per heavy atom. The van der Waals surface area contributed by atoms with Gasteiger partial charge in [0.25, 0.3) is 5.92 Å². The molecule has 84 valence electrons. The van der Waals surface area contributed by atoms with Crippen molar-refractivity contribution in [1.29, 1.82) is 0 Å². The van der Waals surface area contributed by atoms with E-state index in [2.05, 4.69) is 10.2 Å². The van der Waals surface area contributed by atoms with Gasteiger partial charge in [-0.25, -0.2) is 18.0 Å². The molecule has 0 radical (unpaired) electrons. The van der Waals surface area contributed by atoms with Crippen molar-refractivity contribution in [1.82, 2.24) is 10.2 Å². The first-order valence-electron chi connectivity index (χ1n) is 4.08. The average molecular weight is 222 g/mol. The third-order valence-electron chi connectivity index (χ3n) is 1.95. The molecule has 1 heterocycles. The lowest BCUT2D eigenvalue weighted by Crippen LogP contribution is -2.22. The molecular weight excluding hydrogens is 213 g/mol. The maximum Gasteiger partial charge on any atom is 0.354 e. The lowest BCUT2D eigenvalue weighted by molar-refractivity contribution is -0.0226. The van der Waals surface area contributed by atoms with Crippen molar-refractivity contribution in [2.75, 3.05) is 6.67 Å². The molecule has 4 nitrogen and oxygen atoms in total. The van der Waals surface area contributed by atoms with Crippen LogP contribution in [0.25, 0.3) is 0 Å². The fraction of sp³-hybridized carbons (Fsp3) is 0.500. The Kier molecular flexibility index (Phi) is 3.01. The molecule has 0 bridgehead atoms. The number of carbonyl (C=O) groups is 1. The van der Waals surface area contributed by atoms with Crippen molar-refractivity contribution in [2.24, 2.45) is 0 Å². The number of alkyl halides is 3. The first kappa shape index (κ1) is 11.5. The van der Waals surface area contributed by atoms with Crippen LogP contribution in [0.5, 0.6) is 0 Å². The van der Waals surface area contributed by atoms with Gasteiger partial charge in [0.1, 0.15) is 5.69 Å². The number of carboxylic acids is 1. The second-order valence-corrected chi connectivity index (χ2v) is 3.14. The molecule has 0 atom stereocenters. The number of aromatic amines is 1. The number of nitrogens with zero attached hydrogens (tertiary/aromatic N) is 1. The highest BCUT2D eigenvalue weighted by Crippen LogP contribution is 2.22. The van der Waals surface area contributed by atoms with Gasteiger partial charge in [-0.15, -0.1) is 0 Å². The van der Waals surface area contributed by atoms with Crippen molar-refractivity contribution in [3.8, 4) is 0 Å². The molecule has 0 fully saturated rings. The number of rotatable bonds is 4. The van der Waals surface area contributed by atoms with Gasteiger partial charge in [0.05, 0.1) is 12.1 Å². The first-order valence-corrected chi connectivity index (χ1v) is 4.08. The lowest BCUT2D eigenvalue weighted by Gasteiger charge is -2.09. The molecule has 1 aromatic heterocycles. The van der Waals surface area contributed by atoms with Crippen LogP contribution >= 0.6 is 0 Å². The van der Waals surface area contributed by atoms with Gasteiger partial charge in [0.15, 0.2) is 6.67 Å². The van der Waals surface area contributed by atoms with E-state index in [1.807, 2.05) is 0 Å². The number of nitrogens with one attached hydrogen (secondary N) is 1. The zero-order chi connectivity index (χ0) is 11.6. The van der Waals surface area contributed by atoms with Crippen LogP contribution in [0.15, 0.2) is 0 Å². The van der Waals surface area contributed by atoms with E-state index < -0.39 is 25.0 Å². The minimum atomic E-state index is -3.50. The maximum absolute atomic E-state index is 12.7. The van der Waals surface area contributed by atoms with Gasteiger partial charge in [-0.2, -0.15) is 5.10 Å². The molecule has 1 rings (SSSR count). The van der Waals surface area contributed by atoms with Crippen LogP contribution in [-0.2, 0) is 6.42 Å². The highest BCUT2D eigenvalue weighted by Gasteiger charge is 2.32. The number of carboxylic acid groups (broad SMARTS) is 1. The largest absolute Gasteiger partial charge is 0.477 e. The Morgan fingerprint density at radius 1 is 1.60 bits per heavy atom. The van der Waals surface area contributed by atoms with Crippen LogP contribution in [0.2, 0.25) is 0 Å². The SMILES string of the molecule is Cc1c(CC(F)(F)CF)n[nH]c1C(=O)O. The molecule has 0 saturated heterocycles. The van der Waals surface area contributed by atoms with E-state index in [0.29, 0.717) is 0 Å². The van der Waals surface area contributed by atoms with Crippen molar-refractivity contribution in [3.63, 3.8) is 0 Å². The van der Waals surface area contributed by atoms with E-state index in [4.69, 9.17) is 5.11 Å². The van der Waals surface area contributed by atoms with E-state index in [-0.39, 0.29) is 17.0 Å². The molecule has 0 aliphatic heterocycles. The summed E-state index contributed by atoms with van der Waals surface area (Å²) >= 11 is 0. The molecule has 7 heteroatoms. The third kappa shape index (κ3) is 2.48. The normalized spacial score (nSPS) is 11.7. The number of H-pyrrole nitrogens is 1. The van der Waals surface area contributed by atoms with E-state index in [1.54, 1.807) is 0 Å². The van der Waals surface area contributed by atoms with Gasteiger partial charge < -0.3 is 5.11 Å².